The quantitative estimate of drug-likeness (QED) is 0.573. The van der Waals surface area contributed by atoms with E-state index in [0.717, 1.165) is 18.5 Å². The molecule has 0 heterocycles. The minimum atomic E-state index is -1.09. The number of carboxylic acids is 1. The van der Waals surface area contributed by atoms with Crippen LogP contribution in [0.1, 0.15) is 40.0 Å². The number of carboxylic acid groups (broad SMARTS) is 1. The lowest BCUT2D eigenvalue weighted by molar-refractivity contribution is -0.141. The number of nitrogens with zero attached hydrogens (tertiary/aromatic N) is 1. The summed E-state index contributed by atoms with van der Waals surface area (Å²) in [6, 6.07) is -1.75. The largest absolute Gasteiger partial charge is 0.480 e. The Morgan fingerprint density at radius 3 is 2.58 bits per heavy atom. The lowest BCUT2D eigenvalue weighted by Gasteiger charge is -2.14. The highest BCUT2D eigenvalue weighted by Crippen LogP contribution is 2.06. The fraction of sp³-hybridized carbons (Fsp3) is 0.615. The number of carbonyl (C=O) groups excluding carboxylic acids is 1. The molecule has 6 heteroatoms. The standard InChI is InChI=1S/C13H23N3O3/c1-4-6-7-15-10(5-2)8-11(14)12(17)16-9(3)13(18)19/h5,7,9,11H,4,6,8,14H2,1-3H3,(H,16,17)(H,18,19)/b10-5-,15-7?. The van der Waals surface area contributed by atoms with E-state index in [-0.39, 0.29) is 6.42 Å². The van der Waals surface area contributed by atoms with Crippen molar-refractivity contribution in [2.45, 2.75) is 52.1 Å². The zero-order valence-electron chi connectivity index (χ0n) is 11.7. The molecule has 0 spiro atoms. The number of aliphatic carboxylic acids is 1. The van der Waals surface area contributed by atoms with E-state index in [1.54, 1.807) is 12.3 Å². The highest BCUT2D eigenvalue weighted by atomic mass is 16.4. The maximum Gasteiger partial charge on any atom is 0.325 e. The van der Waals surface area contributed by atoms with Crippen LogP contribution in [0.5, 0.6) is 0 Å². The number of unbranched alkanes of at least 4 members (excludes halogenated alkanes) is 1. The number of nitrogens with two attached hydrogens (primary N) is 1. The van der Waals surface area contributed by atoms with Crippen LogP contribution in [-0.2, 0) is 9.59 Å². The number of hydrogen-bond acceptors (Lipinski definition) is 4. The smallest absolute Gasteiger partial charge is 0.325 e. The molecule has 0 aromatic rings. The van der Waals surface area contributed by atoms with Crippen LogP contribution in [0.3, 0.4) is 0 Å². The Morgan fingerprint density at radius 1 is 1.47 bits per heavy atom. The van der Waals surface area contributed by atoms with Gasteiger partial charge in [-0.2, -0.15) is 0 Å². The van der Waals surface area contributed by atoms with Gasteiger partial charge in [0.05, 0.1) is 6.04 Å². The van der Waals surface area contributed by atoms with Gasteiger partial charge in [-0.25, -0.2) is 0 Å². The minimum absolute atomic E-state index is 0.287. The maximum absolute atomic E-state index is 11.7. The van der Waals surface area contributed by atoms with E-state index in [1.807, 2.05) is 13.8 Å². The van der Waals surface area contributed by atoms with Gasteiger partial charge in [-0.05, 0) is 20.3 Å². The number of nitrogens with one attached hydrogen (secondary N) is 1. The van der Waals surface area contributed by atoms with E-state index in [2.05, 4.69) is 10.3 Å². The van der Waals surface area contributed by atoms with E-state index in [9.17, 15) is 9.59 Å². The third-order valence-corrected chi connectivity index (χ3v) is 2.50. The van der Waals surface area contributed by atoms with Gasteiger partial charge in [0.25, 0.3) is 0 Å². The van der Waals surface area contributed by atoms with Crippen LogP contribution in [0, 0.1) is 0 Å². The molecule has 0 rings (SSSR count). The molecular formula is C13H23N3O3. The molecule has 0 aromatic heterocycles. The molecule has 0 bridgehead atoms. The SMILES string of the molecule is C/C=C(/CC(N)C(=O)NC(C)C(=O)O)N=CCCC. The zero-order chi connectivity index (χ0) is 14.8. The molecule has 19 heavy (non-hydrogen) atoms. The molecule has 0 aliphatic heterocycles. The first-order chi connectivity index (χ1) is 8.92. The molecule has 0 aromatic carbocycles. The molecule has 0 aliphatic rings. The number of aliphatic imine (C=N–C) groups is 1. The highest BCUT2D eigenvalue weighted by Gasteiger charge is 2.19. The van der Waals surface area contributed by atoms with Crippen LogP contribution in [0.15, 0.2) is 16.8 Å². The minimum Gasteiger partial charge on any atom is -0.480 e. The van der Waals surface area contributed by atoms with E-state index in [4.69, 9.17) is 10.8 Å². The first-order valence-corrected chi connectivity index (χ1v) is 6.38. The van der Waals surface area contributed by atoms with E-state index >= 15 is 0 Å². The number of carbonyl (C=O) groups is 2. The number of allylic oxidation sites excluding steroid dienone is 1. The Morgan fingerprint density at radius 2 is 2.11 bits per heavy atom. The third kappa shape index (κ3) is 7.35. The van der Waals surface area contributed by atoms with Crippen LogP contribution in [0.25, 0.3) is 0 Å². The summed E-state index contributed by atoms with van der Waals surface area (Å²) in [5, 5.41) is 11.0. The number of hydrogen-bond donors (Lipinski definition) is 3. The van der Waals surface area contributed by atoms with Gasteiger partial charge in [-0.3, -0.25) is 14.6 Å². The van der Waals surface area contributed by atoms with E-state index < -0.39 is 24.0 Å². The molecular weight excluding hydrogens is 246 g/mol. The van der Waals surface area contributed by atoms with E-state index in [0.29, 0.717) is 0 Å². The summed E-state index contributed by atoms with van der Waals surface area (Å²) in [7, 11) is 0. The first-order valence-electron chi connectivity index (χ1n) is 6.38. The van der Waals surface area contributed by atoms with Crippen molar-refractivity contribution in [1.82, 2.24) is 5.32 Å². The summed E-state index contributed by atoms with van der Waals surface area (Å²) in [5.41, 5.74) is 6.45. The molecule has 108 valence electrons. The van der Waals surface area contributed by atoms with Crippen molar-refractivity contribution < 1.29 is 14.7 Å². The van der Waals surface area contributed by atoms with Crippen molar-refractivity contribution in [2.24, 2.45) is 10.7 Å². The molecule has 1 amide bonds. The van der Waals surface area contributed by atoms with Crippen molar-refractivity contribution in [3.63, 3.8) is 0 Å². The van der Waals surface area contributed by atoms with Crippen molar-refractivity contribution in [1.29, 1.82) is 0 Å². The van der Waals surface area contributed by atoms with Gasteiger partial charge in [0.2, 0.25) is 5.91 Å². The lowest BCUT2D eigenvalue weighted by atomic mass is 10.1. The third-order valence-electron chi connectivity index (χ3n) is 2.50. The van der Waals surface area contributed by atoms with Crippen LogP contribution < -0.4 is 11.1 Å². The lowest BCUT2D eigenvalue weighted by Crippen LogP contribution is -2.47. The van der Waals surface area contributed by atoms with Crippen molar-refractivity contribution in [2.75, 3.05) is 0 Å². The molecule has 0 aliphatic carbocycles. The average molecular weight is 269 g/mol. The highest BCUT2D eigenvalue weighted by molar-refractivity contribution is 5.86. The molecule has 0 fully saturated rings. The normalized spacial score (nSPS) is 15.3. The molecule has 6 nitrogen and oxygen atoms in total. The second-order valence-corrected chi connectivity index (χ2v) is 4.26. The molecule has 0 saturated heterocycles. The van der Waals surface area contributed by atoms with Crippen LogP contribution in [-0.4, -0.2) is 35.3 Å². The summed E-state index contributed by atoms with van der Waals surface area (Å²) < 4.78 is 0. The Bertz CT molecular complexity index is 364. The summed E-state index contributed by atoms with van der Waals surface area (Å²) in [6.07, 6.45) is 5.74. The Balaban J connectivity index is 4.37. The summed E-state index contributed by atoms with van der Waals surface area (Å²) in [5.74, 6) is -1.58. The van der Waals surface area contributed by atoms with Gasteiger partial charge in [0.15, 0.2) is 0 Å². The van der Waals surface area contributed by atoms with Crippen molar-refractivity contribution in [3.8, 4) is 0 Å². The monoisotopic (exact) mass is 269 g/mol. The second kappa shape index (κ2) is 9.27. The van der Waals surface area contributed by atoms with Crippen LogP contribution >= 0.6 is 0 Å². The van der Waals surface area contributed by atoms with Gasteiger partial charge >= 0.3 is 5.97 Å². The summed E-state index contributed by atoms with van der Waals surface area (Å²) >= 11 is 0. The summed E-state index contributed by atoms with van der Waals surface area (Å²) in [6.45, 7) is 5.26. The zero-order valence-corrected chi connectivity index (χ0v) is 11.7. The van der Waals surface area contributed by atoms with Gasteiger partial charge in [-0.15, -0.1) is 0 Å². The number of amides is 1. The van der Waals surface area contributed by atoms with Crippen molar-refractivity contribution >= 4 is 18.1 Å². The Kier molecular flexibility index (Phi) is 8.44. The predicted molar refractivity (Wildman–Crippen MR) is 75.0 cm³/mol. The predicted octanol–water partition coefficient (Wildman–Crippen LogP) is 1.07. The topological polar surface area (TPSA) is 105 Å². The van der Waals surface area contributed by atoms with Gasteiger partial charge < -0.3 is 16.2 Å². The fourth-order valence-corrected chi connectivity index (χ4v) is 1.26. The number of rotatable bonds is 8. The molecule has 2 unspecified atom stereocenters. The van der Waals surface area contributed by atoms with E-state index in [1.165, 1.54) is 6.92 Å². The van der Waals surface area contributed by atoms with Gasteiger partial charge in [0, 0.05) is 18.3 Å². The van der Waals surface area contributed by atoms with Gasteiger partial charge in [-0.1, -0.05) is 19.4 Å². The average Bonchev–Trinajstić information content (AvgIpc) is 2.37. The molecule has 0 saturated carbocycles. The Labute approximate surface area is 113 Å². The van der Waals surface area contributed by atoms with Gasteiger partial charge in [0.1, 0.15) is 6.04 Å². The fourth-order valence-electron chi connectivity index (χ4n) is 1.26. The van der Waals surface area contributed by atoms with Crippen LogP contribution in [0.2, 0.25) is 0 Å². The Hall–Kier alpha value is -1.69. The molecule has 2 atom stereocenters. The van der Waals surface area contributed by atoms with Crippen molar-refractivity contribution in [3.05, 3.63) is 11.8 Å². The maximum atomic E-state index is 11.7. The second-order valence-electron chi connectivity index (χ2n) is 4.26. The molecule has 0 radical (unpaired) electrons. The first kappa shape index (κ1) is 17.3. The molecule has 4 N–H and O–H groups in total. The summed E-state index contributed by atoms with van der Waals surface area (Å²) in [4.78, 5) is 26.5. The van der Waals surface area contributed by atoms with Crippen LogP contribution in [0.4, 0.5) is 0 Å².